The fourth-order valence-electron chi connectivity index (χ4n) is 2.52. The van der Waals surface area contributed by atoms with Crippen molar-refractivity contribution in [1.29, 1.82) is 0 Å². The van der Waals surface area contributed by atoms with Crippen LogP contribution in [0.15, 0.2) is 30.5 Å². The van der Waals surface area contributed by atoms with E-state index in [-0.39, 0.29) is 25.7 Å². The van der Waals surface area contributed by atoms with Gasteiger partial charge in [-0.1, -0.05) is 12.1 Å². The van der Waals surface area contributed by atoms with E-state index in [0.717, 1.165) is 11.0 Å². The first-order valence-corrected chi connectivity index (χ1v) is 6.38. The second-order valence-corrected chi connectivity index (χ2v) is 5.26. The summed E-state index contributed by atoms with van der Waals surface area (Å²) in [6.45, 7) is 0. The Bertz CT molecular complexity index is 602. The van der Waals surface area contributed by atoms with Crippen molar-refractivity contribution >= 4 is 11.0 Å². The zero-order chi connectivity index (χ0) is 13.5. The lowest BCUT2D eigenvalue weighted by Crippen LogP contribution is -2.44. The standard InChI is InChI=1S/C14H15F2N3/c15-14(16)7-5-13(17,6-8-14)12-9-18-10-3-1-2-4-11(10)19-12/h1-4,9H,5-8,17H2. The van der Waals surface area contributed by atoms with E-state index in [9.17, 15) is 8.78 Å². The van der Waals surface area contributed by atoms with Crippen molar-refractivity contribution < 1.29 is 8.78 Å². The van der Waals surface area contributed by atoms with Gasteiger partial charge in [-0.3, -0.25) is 4.98 Å². The van der Waals surface area contributed by atoms with Crippen LogP contribution in [-0.2, 0) is 5.54 Å². The summed E-state index contributed by atoms with van der Waals surface area (Å²) in [5, 5.41) is 0. The number of alkyl halides is 2. The topological polar surface area (TPSA) is 51.8 Å². The smallest absolute Gasteiger partial charge is 0.248 e. The van der Waals surface area contributed by atoms with E-state index in [1.54, 1.807) is 6.20 Å². The number of fused-ring (bicyclic) bond motifs is 1. The van der Waals surface area contributed by atoms with Crippen LogP contribution in [0.5, 0.6) is 0 Å². The van der Waals surface area contributed by atoms with Crippen molar-refractivity contribution in [3.63, 3.8) is 0 Å². The van der Waals surface area contributed by atoms with Crippen molar-refractivity contribution in [2.45, 2.75) is 37.1 Å². The van der Waals surface area contributed by atoms with Gasteiger partial charge in [0.2, 0.25) is 5.92 Å². The number of hydrogen-bond acceptors (Lipinski definition) is 3. The normalized spacial score (nSPS) is 21.4. The van der Waals surface area contributed by atoms with Crippen LogP contribution in [0.4, 0.5) is 8.78 Å². The molecule has 0 bridgehead atoms. The zero-order valence-electron chi connectivity index (χ0n) is 10.4. The summed E-state index contributed by atoms with van der Waals surface area (Å²) in [5.74, 6) is -2.59. The van der Waals surface area contributed by atoms with Gasteiger partial charge in [-0.15, -0.1) is 0 Å². The lowest BCUT2D eigenvalue weighted by Gasteiger charge is -2.36. The summed E-state index contributed by atoms with van der Waals surface area (Å²) >= 11 is 0. The number of para-hydroxylation sites is 2. The molecule has 0 unspecified atom stereocenters. The van der Waals surface area contributed by atoms with Gasteiger partial charge in [-0.05, 0) is 25.0 Å². The lowest BCUT2D eigenvalue weighted by atomic mass is 9.78. The minimum atomic E-state index is -2.59. The Labute approximate surface area is 109 Å². The first-order valence-electron chi connectivity index (χ1n) is 6.38. The number of benzene rings is 1. The number of aromatic nitrogens is 2. The predicted octanol–water partition coefficient (Wildman–Crippen LogP) is 2.99. The van der Waals surface area contributed by atoms with Crippen LogP contribution in [0.3, 0.4) is 0 Å². The van der Waals surface area contributed by atoms with Gasteiger partial charge in [-0.25, -0.2) is 13.8 Å². The summed E-state index contributed by atoms with van der Waals surface area (Å²) in [4.78, 5) is 8.79. The molecule has 0 spiro atoms. The van der Waals surface area contributed by atoms with Crippen molar-refractivity contribution in [1.82, 2.24) is 9.97 Å². The predicted molar refractivity (Wildman–Crippen MR) is 68.8 cm³/mol. The number of rotatable bonds is 1. The van der Waals surface area contributed by atoms with Gasteiger partial charge in [0.25, 0.3) is 0 Å². The molecule has 0 radical (unpaired) electrons. The Kier molecular flexibility index (Phi) is 2.74. The van der Waals surface area contributed by atoms with Crippen molar-refractivity contribution in [2.75, 3.05) is 0 Å². The van der Waals surface area contributed by atoms with Crippen LogP contribution < -0.4 is 5.73 Å². The summed E-state index contributed by atoms with van der Waals surface area (Å²) < 4.78 is 26.4. The highest BCUT2D eigenvalue weighted by atomic mass is 19.3. The fourth-order valence-corrected chi connectivity index (χ4v) is 2.52. The Morgan fingerprint density at radius 3 is 2.32 bits per heavy atom. The van der Waals surface area contributed by atoms with Crippen LogP contribution in [0.1, 0.15) is 31.4 Å². The molecule has 1 aliphatic carbocycles. The molecule has 2 N–H and O–H groups in total. The highest BCUT2D eigenvalue weighted by Crippen LogP contribution is 2.41. The average molecular weight is 263 g/mol. The van der Waals surface area contributed by atoms with Gasteiger partial charge >= 0.3 is 0 Å². The summed E-state index contributed by atoms with van der Waals surface area (Å²) in [6.07, 6.45) is 1.74. The molecule has 2 aromatic rings. The van der Waals surface area contributed by atoms with Gasteiger partial charge < -0.3 is 5.73 Å². The fraction of sp³-hybridized carbons (Fsp3) is 0.429. The van der Waals surface area contributed by atoms with Gasteiger partial charge in [0.1, 0.15) is 0 Å². The molecule has 1 aliphatic rings. The maximum absolute atomic E-state index is 13.2. The largest absolute Gasteiger partial charge is 0.320 e. The Morgan fingerprint density at radius 2 is 1.63 bits per heavy atom. The molecule has 1 aromatic carbocycles. The van der Waals surface area contributed by atoms with E-state index in [4.69, 9.17) is 5.73 Å². The van der Waals surface area contributed by atoms with E-state index >= 15 is 0 Å². The Morgan fingerprint density at radius 1 is 1.00 bits per heavy atom. The van der Waals surface area contributed by atoms with E-state index in [2.05, 4.69) is 9.97 Å². The molecular weight excluding hydrogens is 248 g/mol. The van der Waals surface area contributed by atoms with E-state index in [1.165, 1.54) is 0 Å². The minimum absolute atomic E-state index is 0.183. The van der Waals surface area contributed by atoms with Crippen LogP contribution in [0, 0.1) is 0 Å². The molecule has 100 valence electrons. The molecule has 1 heterocycles. The molecule has 5 heteroatoms. The summed E-state index contributed by atoms with van der Waals surface area (Å²) in [7, 11) is 0. The lowest BCUT2D eigenvalue weighted by molar-refractivity contribution is -0.0519. The summed E-state index contributed by atoms with van der Waals surface area (Å²) in [5.41, 5.74) is 7.63. The molecular formula is C14H15F2N3. The number of nitrogens with zero attached hydrogens (tertiary/aromatic N) is 2. The highest BCUT2D eigenvalue weighted by Gasteiger charge is 2.43. The number of hydrogen-bond donors (Lipinski definition) is 1. The SMILES string of the molecule is NC1(c2cnc3ccccc3n2)CCC(F)(F)CC1. The third-order valence-electron chi connectivity index (χ3n) is 3.83. The molecule has 0 atom stereocenters. The molecule has 1 aromatic heterocycles. The Hall–Kier alpha value is -1.62. The molecule has 19 heavy (non-hydrogen) atoms. The second kappa shape index (κ2) is 4.20. The highest BCUT2D eigenvalue weighted by molar-refractivity contribution is 5.73. The number of halogens is 2. The van der Waals surface area contributed by atoms with Crippen LogP contribution in [0.2, 0.25) is 0 Å². The zero-order valence-corrected chi connectivity index (χ0v) is 10.4. The van der Waals surface area contributed by atoms with E-state index in [1.807, 2.05) is 24.3 Å². The van der Waals surface area contributed by atoms with Crippen molar-refractivity contribution in [2.24, 2.45) is 5.73 Å². The van der Waals surface area contributed by atoms with Crippen molar-refractivity contribution in [3.05, 3.63) is 36.2 Å². The average Bonchev–Trinajstić information content (AvgIpc) is 2.42. The first kappa shape index (κ1) is 12.4. The van der Waals surface area contributed by atoms with Crippen molar-refractivity contribution in [3.8, 4) is 0 Å². The monoisotopic (exact) mass is 263 g/mol. The molecule has 1 fully saturated rings. The van der Waals surface area contributed by atoms with E-state index in [0.29, 0.717) is 5.69 Å². The molecule has 1 saturated carbocycles. The Balaban J connectivity index is 1.95. The van der Waals surface area contributed by atoms with Gasteiger partial charge in [0.15, 0.2) is 0 Å². The van der Waals surface area contributed by atoms with Crippen LogP contribution in [-0.4, -0.2) is 15.9 Å². The second-order valence-electron chi connectivity index (χ2n) is 5.26. The molecule has 3 rings (SSSR count). The van der Waals surface area contributed by atoms with Gasteiger partial charge in [0.05, 0.1) is 28.5 Å². The van der Waals surface area contributed by atoms with Crippen LogP contribution in [0.25, 0.3) is 11.0 Å². The molecule has 0 amide bonds. The third kappa shape index (κ3) is 2.30. The molecule has 3 nitrogen and oxygen atoms in total. The molecule has 0 aliphatic heterocycles. The van der Waals surface area contributed by atoms with E-state index < -0.39 is 11.5 Å². The minimum Gasteiger partial charge on any atom is -0.320 e. The summed E-state index contributed by atoms with van der Waals surface area (Å²) in [6, 6.07) is 7.48. The molecule has 0 saturated heterocycles. The number of nitrogens with two attached hydrogens (primary N) is 1. The first-order chi connectivity index (χ1) is 8.99. The quantitative estimate of drug-likeness (QED) is 0.860. The van der Waals surface area contributed by atoms with Gasteiger partial charge in [0, 0.05) is 12.8 Å². The third-order valence-corrected chi connectivity index (χ3v) is 3.83. The maximum Gasteiger partial charge on any atom is 0.248 e. The van der Waals surface area contributed by atoms with Gasteiger partial charge in [-0.2, -0.15) is 0 Å². The van der Waals surface area contributed by atoms with Crippen LogP contribution >= 0.6 is 0 Å². The maximum atomic E-state index is 13.2.